The Morgan fingerprint density at radius 1 is 1.39 bits per heavy atom. The summed E-state index contributed by atoms with van der Waals surface area (Å²) >= 11 is 5.96. The highest BCUT2D eigenvalue weighted by Crippen LogP contribution is 2.16. The first-order chi connectivity index (χ1) is 8.49. The van der Waals surface area contributed by atoms with Crippen LogP contribution in [0.25, 0.3) is 0 Å². The van der Waals surface area contributed by atoms with Gasteiger partial charge in [0.25, 0.3) is 0 Å². The number of aliphatic carboxylic acids is 1. The van der Waals surface area contributed by atoms with Crippen molar-refractivity contribution in [2.24, 2.45) is 0 Å². The molecule has 0 radical (unpaired) electrons. The number of carboxylic acid groups (broad SMARTS) is 1. The Labute approximate surface area is 111 Å². The molecule has 0 saturated heterocycles. The molecule has 0 saturated carbocycles. The first-order valence-corrected chi connectivity index (χ1v) is 6.10. The van der Waals surface area contributed by atoms with Crippen LogP contribution in [0.3, 0.4) is 0 Å². The molecule has 0 aliphatic heterocycles. The van der Waals surface area contributed by atoms with Gasteiger partial charge in [0, 0.05) is 18.0 Å². The van der Waals surface area contributed by atoms with Crippen molar-refractivity contribution < 1.29 is 14.7 Å². The third kappa shape index (κ3) is 5.19. The number of halogens is 1. The Morgan fingerprint density at radius 3 is 2.72 bits per heavy atom. The lowest BCUT2D eigenvalue weighted by Crippen LogP contribution is -2.26. The Hall–Kier alpha value is -1.55. The minimum Gasteiger partial charge on any atom is -0.481 e. The average molecular weight is 270 g/mol. The van der Waals surface area contributed by atoms with Crippen LogP contribution in [0.2, 0.25) is 5.02 Å². The van der Waals surface area contributed by atoms with Crippen molar-refractivity contribution in [3.8, 4) is 0 Å². The van der Waals surface area contributed by atoms with Crippen LogP contribution < -0.4 is 5.32 Å². The zero-order chi connectivity index (χ0) is 13.5. The number of aryl methyl sites for hydroxylation is 1. The van der Waals surface area contributed by atoms with E-state index in [9.17, 15) is 9.59 Å². The number of carbonyl (C=O) groups is 2. The van der Waals surface area contributed by atoms with Gasteiger partial charge in [-0.15, -0.1) is 0 Å². The largest absolute Gasteiger partial charge is 0.481 e. The highest BCUT2D eigenvalue weighted by Gasteiger charge is 2.05. The monoisotopic (exact) mass is 269 g/mol. The van der Waals surface area contributed by atoms with Crippen LogP contribution in [0.4, 0.5) is 0 Å². The van der Waals surface area contributed by atoms with Crippen molar-refractivity contribution >= 4 is 23.5 Å². The Morgan fingerprint density at radius 2 is 2.11 bits per heavy atom. The molecule has 1 aromatic rings. The Bertz CT molecular complexity index is 446. The molecule has 0 unspecified atom stereocenters. The van der Waals surface area contributed by atoms with Gasteiger partial charge in [-0.1, -0.05) is 23.7 Å². The van der Waals surface area contributed by atoms with Gasteiger partial charge in [-0.2, -0.15) is 0 Å². The fourth-order valence-corrected chi connectivity index (χ4v) is 1.66. The van der Waals surface area contributed by atoms with Crippen LogP contribution >= 0.6 is 11.6 Å². The molecular weight excluding hydrogens is 254 g/mol. The average Bonchev–Trinajstić information content (AvgIpc) is 2.29. The summed E-state index contributed by atoms with van der Waals surface area (Å²) in [6.07, 6.45) is 0.763. The third-order valence-electron chi connectivity index (χ3n) is 2.49. The van der Waals surface area contributed by atoms with E-state index in [-0.39, 0.29) is 18.7 Å². The molecule has 0 heterocycles. The number of hydrogen-bond donors (Lipinski definition) is 2. The summed E-state index contributed by atoms with van der Waals surface area (Å²) in [4.78, 5) is 21.8. The van der Waals surface area contributed by atoms with Crippen LogP contribution in [0, 0.1) is 6.92 Å². The predicted octanol–water partition coefficient (Wildman–Crippen LogP) is 2.17. The van der Waals surface area contributed by atoms with E-state index >= 15 is 0 Å². The summed E-state index contributed by atoms with van der Waals surface area (Å²) in [7, 11) is 0. The predicted molar refractivity (Wildman–Crippen MR) is 69.8 cm³/mol. The van der Waals surface area contributed by atoms with Crippen LogP contribution in [-0.2, 0) is 16.0 Å². The molecule has 0 bridgehead atoms. The molecule has 0 spiro atoms. The summed E-state index contributed by atoms with van der Waals surface area (Å²) in [5.74, 6) is -0.977. The van der Waals surface area contributed by atoms with E-state index in [1.165, 1.54) is 0 Å². The SMILES string of the molecule is Cc1ccc(CC(=O)NCCCC(=O)O)cc1Cl. The van der Waals surface area contributed by atoms with Gasteiger partial charge in [0.2, 0.25) is 5.91 Å². The maximum Gasteiger partial charge on any atom is 0.303 e. The topological polar surface area (TPSA) is 66.4 Å². The molecule has 1 amide bonds. The standard InChI is InChI=1S/C13H16ClNO3/c1-9-4-5-10(7-11(9)14)8-12(16)15-6-2-3-13(17)18/h4-5,7H,2-3,6,8H2,1H3,(H,15,16)(H,17,18). The lowest BCUT2D eigenvalue weighted by molar-refractivity contribution is -0.137. The molecule has 18 heavy (non-hydrogen) atoms. The van der Waals surface area contributed by atoms with Gasteiger partial charge in [-0.05, 0) is 30.5 Å². The normalized spacial score (nSPS) is 10.1. The van der Waals surface area contributed by atoms with Crippen molar-refractivity contribution in [1.82, 2.24) is 5.32 Å². The molecular formula is C13H16ClNO3. The molecule has 2 N–H and O–H groups in total. The minimum atomic E-state index is -0.852. The fourth-order valence-electron chi connectivity index (χ4n) is 1.46. The van der Waals surface area contributed by atoms with Crippen molar-refractivity contribution in [1.29, 1.82) is 0 Å². The van der Waals surface area contributed by atoms with Gasteiger partial charge in [0.15, 0.2) is 0 Å². The van der Waals surface area contributed by atoms with Crippen molar-refractivity contribution in [2.75, 3.05) is 6.54 Å². The van der Waals surface area contributed by atoms with Gasteiger partial charge in [-0.3, -0.25) is 9.59 Å². The smallest absolute Gasteiger partial charge is 0.303 e. The second kappa shape index (κ2) is 7.01. The number of hydrogen-bond acceptors (Lipinski definition) is 2. The van der Waals surface area contributed by atoms with E-state index in [0.29, 0.717) is 18.0 Å². The molecule has 0 aliphatic rings. The van der Waals surface area contributed by atoms with Crippen LogP contribution in [0.15, 0.2) is 18.2 Å². The van der Waals surface area contributed by atoms with E-state index < -0.39 is 5.97 Å². The van der Waals surface area contributed by atoms with Crippen molar-refractivity contribution in [2.45, 2.75) is 26.2 Å². The number of amides is 1. The minimum absolute atomic E-state index is 0.0661. The maximum absolute atomic E-state index is 11.6. The maximum atomic E-state index is 11.6. The number of rotatable bonds is 6. The van der Waals surface area contributed by atoms with Gasteiger partial charge in [-0.25, -0.2) is 0 Å². The summed E-state index contributed by atoms with van der Waals surface area (Å²) in [6, 6.07) is 5.50. The summed E-state index contributed by atoms with van der Waals surface area (Å²) in [6.45, 7) is 2.28. The zero-order valence-electron chi connectivity index (χ0n) is 10.2. The lowest BCUT2D eigenvalue weighted by atomic mass is 10.1. The van der Waals surface area contributed by atoms with Gasteiger partial charge >= 0.3 is 5.97 Å². The van der Waals surface area contributed by atoms with E-state index in [2.05, 4.69) is 5.32 Å². The molecule has 4 nitrogen and oxygen atoms in total. The van der Waals surface area contributed by atoms with Gasteiger partial charge < -0.3 is 10.4 Å². The summed E-state index contributed by atoms with van der Waals surface area (Å²) in [5.41, 5.74) is 1.82. The van der Waals surface area contributed by atoms with E-state index in [1.54, 1.807) is 6.07 Å². The lowest BCUT2D eigenvalue weighted by Gasteiger charge is -2.05. The summed E-state index contributed by atoms with van der Waals surface area (Å²) < 4.78 is 0. The fraction of sp³-hybridized carbons (Fsp3) is 0.385. The number of benzene rings is 1. The number of carboxylic acids is 1. The molecule has 5 heteroatoms. The highest BCUT2D eigenvalue weighted by molar-refractivity contribution is 6.31. The molecule has 0 aliphatic carbocycles. The van der Waals surface area contributed by atoms with Crippen LogP contribution in [0.1, 0.15) is 24.0 Å². The van der Waals surface area contributed by atoms with E-state index in [0.717, 1.165) is 11.1 Å². The molecule has 0 fully saturated rings. The van der Waals surface area contributed by atoms with Gasteiger partial charge in [0.1, 0.15) is 0 Å². The molecule has 1 aromatic carbocycles. The van der Waals surface area contributed by atoms with Crippen LogP contribution in [0.5, 0.6) is 0 Å². The third-order valence-corrected chi connectivity index (χ3v) is 2.90. The molecule has 0 aromatic heterocycles. The van der Waals surface area contributed by atoms with E-state index in [1.807, 2.05) is 19.1 Å². The van der Waals surface area contributed by atoms with E-state index in [4.69, 9.17) is 16.7 Å². The second-order valence-electron chi connectivity index (χ2n) is 4.11. The Balaban J connectivity index is 2.35. The summed E-state index contributed by atoms with van der Waals surface area (Å²) in [5, 5.41) is 11.8. The first-order valence-electron chi connectivity index (χ1n) is 5.72. The van der Waals surface area contributed by atoms with Crippen LogP contribution in [-0.4, -0.2) is 23.5 Å². The highest BCUT2D eigenvalue weighted by atomic mass is 35.5. The molecule has 0 atom stereocenters. The Kier molecular flexibility index (Phi) is 5.65. The molecule has 1 rings (SSSR count). The van der Waals surface area contributed by atoms with Crippen molar-refractivity contribution in [3.63, 3.8) is 0 Å². The first kappa shape index (κ1) is 14.5. The quantitative estimate of drug-likeness (QED) is 0.778. The van der Waals surface area contributed by atoms with Crippen molar-refractivity contribution in [3.05, 3.63) is 34.3 Å². The number of nitrogens with one attached hydrogen (secondary N) is 1. The zero-order valence-corrected chi connectivity index (χ0v) is 11.0. The van der Waals surface area contributed by atoms with Gasteiger partial charge in [0.05, 0.1) is 6.42 Å². The second-order valence-corrected chi connectivity index (χ2v) is 4.51. The number of carbonyl (C=O) groups excluding carboxylic acids is 1. The molecule has 98 valence electrons.